The van der Waals surface area contributed by atoms with Gasteiger partial charge in [0.25, 0.3) is 0 Å². The molecule has 0 atom stereocenters. The molecule has 0 aliphatic heterocycles. The average molecular weight is 236 g/mol. The lowest BCUT2D eigenvalue weighted by Crippen LogP contribution is -2.21. The molecule has 0 aliphatic rings. The Balaban J connectivity index is 3.00. The molecule has 0 radical (unpaired) electrons. The van der Waals surface area contributed by atoms with Gasteiger partial charge in [-0.1, -0.05) is 33.6 Å². The summed E-state index contributed by atoms with van der Waals surface area (Å²) in [5.41, 5.74) is 3.53. The van der Waals surface area contributed by atoms with Gasteiger partial charge in [-0.05, 0) is 12.1 Å². The molecule has 0 unspecified atom stereocenters. The molecule has 1 aromatic carbocycles. The van der Waals surface area contributed by atoms with Crippen molar-refractivity contribution in [1.82, 2.24) is 5.43 Å². The van der Waals surface area contributed by atoms with Crippen molar-refractivity contribution in [2.45, 2.75) is 6.54 Å². The van der Waals surface area contributed by atoms with Crippen molar-refractivity contribution < 1.29 is 0 Å². The van der Waals surface area contributed by atoms with Crippen molar-refractivity contribution >= 4 is 27.5 Å². The van der Waals surface area contributed by atoms with Crippen LogP contribution in [0.2, 0.25) is 5.02 Å². The first kappa shape index (κ1) is 9.00. The number of nitrogens with one attached hydrogen (secondary N) is 1. The van der Waals surface area contributed by atoms with E-state index in [1.54, 1.807) is 0 Å². The number of nitrogens with two attached hydrogens (primary N) is 1. The van der Waals surface area contributed by atoms with Crippen molar-refractivity contribution in [3.63, 3.8) is 0 Å². The molecule has 0 aliphatic carbocycles. The van der Waals surface area contributed by atoms with Crippen LogP contribution in [0.4, 0.5) is 0 Å². The van der Waals surface area contributed by atoms with Crippen LogP contribution in [0.15, 0.2) is 22.7 Å². The van der Waals surface area contributed by atoms with E-state index in [4.69, 9.17) is 17.4 Å². The molecule has 0 amide bonds. The number of hydrazine groups is 1. The van der Waals surface area contributed by atoms with Gasteiger partial charge >= 0.3 is 0 Å². The molecule has 0 saturated carbocycles. The first-order chi connectivity index (χ1) is 5.25. The van der Waals surface area contributed by atoms with Crippen molar-refractivity contribution in [3.05, 3.63) is 33.3 Å². The van der Waals surface area contributed by atoms with Crippen LogP contribution in [0.5, 0.6) is 0 Å². The third-order valence-electron chi connectivity index (χ3n) is 1.34. The number of hydrogen-bond acceptors (Lipinski definition) is 2. The molecule has 11 heavy (non-hydrogen) atoms. The summed E-state index contributed by atoms with van der Waals surface area (Å²) in [6.07, 6.45) is 0. The maximum absolute atomic E-state index is 5.88. The monoisotopic (exact) mass is 234 g/mol. The van der Waals surface area contributed by atoms with E-state index in [1.165, 1.54) is 0 Å². The lowest BCUT2D eigenvalue weighted by Gasteiger charge is -2.04. The van der Waals surface area contributed by atoms with E-state index in [1.807, 2.05) is 18.2 Å². The zero-order valence-electron chi connectivity index (χ0n) is 5.77. The summed E-state index contributed by atoms with van der Waals surface area (Å²) < 4.78 is 0.975. The van der Waals surface area contributed by atoms with E-state index in [-0.39, 0.29) is 0 Å². The van der Waals surface area contributed by atoms with E-state index in [0.29, 0.717) is 6.54 Å². The fraction of sp³-hybridized carbons (Fsp3) is 0.143. The fourth-order valence-electron chi connectivity index (χ4n) is 0.803. The Bertz CT molecular complexity index is 232. The van der Waals surface area contributed by atoms with Crippen LogP contribution in [-0.4, -0.2) is 0 Å². The second kappa shape index (κ2) is 4.07. The van der Waals surface area contributed by atoms with Gasteiger partial charge in [0.15, 0.2) is 0 Å². The molecule has 0 aromatic heterocycles. The van der Waals surface area contributed by atoms with Gasteiger partial charge in [0.05, 0.1) is 0 Å². The SMILES string of the molecule is NNCc1c(Cl)cccc1Br. The minimum absolute atomic E-state index is 0.570. The summed E-state index contributed by atoms with van der Waals surface area (Å²) in [7, 11) is 0. The Morgan fingerprint density at radius 3 is 2.82 bits per heavy atom. The van der Waals surface area contributed by atoms with Gasteiger partial charge in [0.2, 0.25) is 0 Å². The summed E-state index contributed by atoms with van der Waals surface area (Å²) in [5.74, 6) is 5.17. The minimum atomic E-state index is 0.570. The maximum atomic E-state index is 5.88. The van der Waals surface area contributed by atoms with E-state index in [9.17, 15) is 0 Å². The van der Waals surface area contributed by atoms with Crippen LogP contribution in [0.1, 0.15) is 5.56 Å². The second-order valence-corrected chi connectivity index (χ2v) is 3.34. The average Bonchev–Trinajstić information content (AvgIpc) is 1.97. The van der Waals surface area contributed by atoms with Gasteiger partial charge in [-0.3, -0.25) is 11.3 Å². The molecule has 4 heteroatoms. The molecule has 3 N–H and O–H groups in total. The van der Waals surface area contributed by atoms with Crippen LogP contribution in [0, 0.1) is 0 Å². The normalized spacial score (nSPS) is 10.1. The molecule has 0 bridgehead atoms. The summed E-state index contributed by atoms with van der Waals surface area (Å²) >= 11 is 9.25. The summed E-state index contributed by atoms with van der Waals surface area (Å²) in [4.78, 5) is 0. The van der Waals surface area contributed by atoms with E-state index >= 15 is 0 Å². The van der Waals surface area contributed by atoms with Crippen LogP contribution >= 0.6 is 27.5 Å². The van der Waals surface area contributed by atoms with Crippen molar-refractivity contribution in [1.29, 1.82) is 0 Å². The third-order valence-corrected chi connectivity index (χ3v) is 2.44. The standard InChI is InChI=1S/C7H8BrClN2/c8-6-2-1-3-7(9)5(6)4-11-10/h1-3,11H,4,10H2. The maximum Gasteiger partial charge on any atom is 0.0462 e. The summed E-state index contributed by atoms with van der Waals surface area (Å²) in [5, 5.41) is 0.720. The van der Waals surface area contributed by atoms with Gasteiger partial charge in [-0.25, -0.2) is 0 Å². The molecule has 0 saturated heterocycles. The largest absolute Gasteiger partial charge is 0.271 e. The van der Waals surface area contributed by atoms with Crippen LogP contribution in [0.3, 0.4) is 0 Å². The Labute approximate surface area is 78.8 Å². The highest BCUT2D eigenvalue weighted by molar-refractivity contribution is 9.10. The Morgan fingerprint density at radius 2 is 2.27 bits per heavy atom. The van der Waals surface area contributed by atoms with Crippen molar-refractivity contribution in [3.8, 4) is 0 Å². The highest BCUT2D eigenvalue weighted by Crippen LogP contribution is 2.23. The topological polar surface area (TPSA) is 38.0 Å². The first-order valence-corrected chi connectivity index (χ1v) is 4.29. The minimum Gasteiger partial charge on any atom is -0.271 e. The lowest BCUT2D eigenvalue weighted by atomic mass is 10.2. The van der Waals surface area contributed by atoms with Crippen LogP contribution in [0.25, 0.3) is 0 Å². The van der Waals surface area contributed by atoms with E-state index in [0.717, 1.165) is 15.1 Å². The predicted octanol–water partition coefficient (Wildman–Crippen LogP) is 2.07. The molecule has 0 spiro atoms. The summed E-state index contributed by atoms with van der Waals surface area (Å²) in [6.45, 7) is 0.570. The smallest absolute Gasteiger partial charge is 0.0462 e. The number of rotatable bonds is 2. The fourth-order valence-corrected chi connectivity index (χ4v) is 1.67. The molecule has 1 aromatic rings. The Kier molecular flexibility index (Phi) is 3.33. The zero-order valence-corrected chi connectivity index (χ0v) is 8.11. The van der Waals surface area contributed by atoms with Gasteiger partial charge in [0.1, 0.15) is 0 Å². The molecule has 2 nitrogen and oxygen atoms in total. The molecule has 0 heterocycles. The van der Waals surface area contributed by atoms with Crippen molar-refractivity contribution in [2.24, 2.45) is 5.84 Å². The molecular formula is C7H8BrClN2. The highest BCUT2D eigenvalue weighted by Gasteiger charge is 2.02. The second-order valence-electron chi connectivity index (χ2n) is 2.08. The van der Waals surface area contributed by atoms with Crippen molar-refractivity contribution in [2.75, 3.05) is 0 Å². The molecule has 0 fully saturated rings. The summed E-state index contributed by atoms with van der Waals surface area (Å²) in [6, 6.07) is 5.64. The lowest BCUT2D eigenvalue weighted by molar-refractivity contribution is 0.739. The number of benzene rings is 1. The third kappa shape index (κ3) is 2.17. The van der Waals surface area contributed by atoms with Gasteiger partial charge < -0.3 is 0 Å². The predicted molar refractivity (Wildman–Crippen MR) is 50.2 cm³/mol. The Morgan fingerprint density at radius 1 is 1.55 bits per heavy atom. The first-order valence-electron chi connectivity index (χ1n) is 3.12. The molecule has 1 rings (SSSR count). The van der Waals surface area contributed by atoms with Gasteiger partial charge in [-0.2, -0.15) is 0 Å². The highest BCUT2D eigenvalue weighted by atomic mass is 79.9. The van der Waals surface area contributed by atoms with Gasteiger partial charge in [-0.15, -0.1) is 0 Å². The van der Waals surface area contributed by atoms with Crippen LogP contribution in [-0.2, 0) is 6.54 Å². The zero-order chi connectivity index (χ0) is 8.27. The van der Waals surface area contributed by atoms with Crippen LogP contribution < -0.4 is 11.3 Å². The number of hydrogen-bond donors (Lipinski definition) is 2. The molecular weight excluding hydrogens is 227 g/mol. The quantitative estimate of drug-likeness (QED) is 0.608. The number of halogens is 2. The Hall–Kier alpha value is -0.0900. The van der Waals surface area contributed by atoms with Gasteiger partial charge in [0, 0.05) is 21.6 Å². The van der Waals surface area contributed by atoms with E-state index < -0.39 is 0 Å². The molecule has 60 valence electrons. The van der Waals surface area contributed by atoms with E-state index in [2.05, 4.69) is 21.4 Å².